The van der Waals surface area contributed by atoms with Crippen LogP contribution in [-0.2, 0) is 0 Å². The van der Waals surface area contributed by atoms with E-state index in [1.165, 1.54) is 11.8 Å². The van der Waals surface area contributed by atoms with Gasteiger partial charge in [0.2, 0.25) is 0 Å². The highest BCUT2D eigenvalue weighted by Gasteiger charge is 2.61. The predicted octanol–water partition coefficient (Wildman–Crippen LogP) is 6.01. The summed E-state index contributed by atoms with van der Waals surface area (Å²) in [6, 6.07) is 0. The molecule has 0 radical (unpaired) electrons. The second kappa shape index (κ2) is 4.79. The summed E-state index contributed by atoms with van der Waals surface area (Å²) in [6.45, 7) is 5.34. The molecule has 12 atom stereocenters. The first-order valence-electron chi connectivity index (χ1n) is 11.2. The quantitative estimate of drug-likeness (QED) is 0.585. The van der Waals surface area contributed by atoms with E-state index >= 15 is 0 Å². The van der Waals surface area contributed by atoms with Gasteiger partial charge in [0, 0.05) is 0 Å². The van der Waals surface area contributed by atoms with Gasteiger partial charge >= 0.3 is 0 Å². The van der Waals surface area contributed by atoms with Crippen molar-refractivity contribution in [3.8, 4) is 0 Å². The monoisotopic (exact) mass is 312 g/mol. The van der Waals surface area contributed by atoms with Crippen molar-refractivity contribution in [1.82, 2.24) is 0 Å². The van der Waals surface area contributed by atoms with Crippen molar-refractivity contribution in [3.63, 3.8) is 0 Å². The number of hydrogen-bond donors (Lipinski definition) is 0. The van der Waals surface area contributed by atoms with Gasteiger partial charge in [-0.25, -0.2) is 0 Å². The Balaban J connectivity index is 1.35. The second-order valence-corrected chi connectivity index (χ2v) is 11.0. The molecule has 0 aromatic carbocycles. The van der Waals surface area contributed by atoms with Crippen LogP contribution in [-0.4, -0.2) is 0 Å². The largest absolute Gasteiger partial charge is 0.0620 e. The van der Waals surface area contributed by atoms with Crippen molar-refractivity contribution in [1.29, 1.82) is 0 Å². The summed E-state index contributed by atoms with van der Waals surface area (Å²) in [5.74, 6) is 13.7. The minimum atomic E-state index is 1.08. The Morgan fingerprint density at radius 3 is 1.04 bits per heavy atom. The van der Waals surface area contributed by atoms with E-state index in [4.69, 9.17) is 0 Å². The summed E-state index contributed by atoms with van der Waals surface area (Å²) in [5, 5.41) is 0. The summed E-state index contributed by atoms with van der Waals surface area (Å²) >= 11 is 0. The number of hydrogen-bond acceptors (Lipinski definition) is 0. The van der Waals surface area contributed by atoms with E-state index in [0.29, 0.717) is 0 Å². The van der Waals surface area contributed by atoms with Crippen LogP contribution in [0.15, 0.2) is 0 Å². The molecule has 0 amide bonds. The summed E-state index contributed by atoms with van der Waals surface area (Å²) < 4.78 is 0. The molecule has 0 unspecified atom stereocenters. The average Bonchev–Trinajstić information content (AvgIpc) is 3.35. The van der Waals surface area contributed by atoms with Gasteiger partial charge in [-0.2, -0.15) is 0 Å². The third-order valence-electron chi connectivity index (χ3n) is 10.8. The van der Waals surface area contributed by atoms with Gasteiger partial charge in [-0.15, -0.1) is 0 Å². The van der Waals surface area contributed by atoms with Gasteiger partial charge in [-0.1, -0.05) is 13.8 Å². The average molecular weight is 313 g/mol. The van der Waals surface area contributed by atoms with Gasteiger partial charge in [0.25, 0.3) is 0 Å². The maximum atomic E-state index is 2.67. The van der Waals surface area contributed by atoms with Gasteiger partial charge < -0.3 is 0 Å². The fourth-order valence-corrected chi connectivity index (χ4v) is 10.1. The van der Waals surface area contributed by atoms with Crippen LogP contribution in [0.3, 0.4) is 0 Å². The standard InChI is InChI=1S/C23H36/c1-12-14-3-5-16(9-14)20(12)22-18-7-8-19(11-18)23(22)21-13(2)15-4-6-17(21)10-15/h12-23H,3-11H2,1-2H3/t12-,13+,14+,15-,16-,17+,18-,19+,20+,21-,22-,23-/m0/s1. The minimum absolute atomic E-state index is 1.08. The van der Waals surface area contributed by atoms with Crippen LogP contribution in [0, 0.1) is 71.0 Å². The number of rotatable bonds is 2. The van der Waals surface area contributed by atoms with Crippen LogP contribution in [0.1, 0.15) is 71.6 Å². The summed E-state index contributed by atoms with van der Waals surface area (Å²) in [7, 11) is 0. The Morgan fingerprint density at radius 1 is 0.391 bits per heavy atom. The molecular weight excluding hydrogens is 276 g/mol. The molecular formula is C23H36. The molecule has 0 N–H and O–H groups in total. The summed E-state index contributed by atoms with van der Waals surface area (Å²) in [4.78, 5) is 0. The van der Waals surface area contributed by atoms with Crippen LogP contribution in [0.25, 0.3) is 0 Å². The maximum Gasteiger partial charge on any atom is -0.0318 e. The third kappa shape index (κ3) is 1.75. The molecule has 0 aromatic rings. The molecule has 0 aromatic heterocycles. The summed E-state index contributed by atoms with van der Waals surface area (Å²) in [6.07, 6.45) is 14.5. The molecule has 0 spiro atoms. The first-order chi connectivity index (χ1) is 11.2. The van der Waals surface area contributed by atoms with Crippen molar-refractivity contribution < 1.29 is 0 Å². The smallest absolute Gasteiger partial charge is 0.0318 e. The van der Waals surface area contributed by atoms with E-state index < -0.39 is 0 Å². The highest BCUT2D eigenvalue weighted by molar-refractivity contribution is 5.10. The molecule has 0 saturated heterocycles. The molecule has 128 valence electrons. The number of fused-ring (bicyclic) bond motifs is 6. The van der Waals surface area contributed by atoms with Crippen molar-refractivity contribution in [3.05, 3.63) is 0 Å². The fraction of sp³-hybridized carbons (Fsp3) is 1.00. The zero-order valence-corrected chi connectivity index (χ0v) is 15.3. The van der Waals surface area contributed by atoms with E-state index in [1.807, 2.05) is 0 Å². The Labute approximate surface area is 143 Å². The Hall–Kier alpha value is 0. The first kappa shape index (κ1) is 14.2. The molecule has 0 heterocycles. The third-order valence-corrected chi connectivity index (χ3v) is 10.8. The highest BCUT2D eigenvalue weighted by Crippen LogP contribution is 2.69. The molecule has 0 aliphatic heterocycles. The summed E-state index contributed by atoms with van der Waals surface area (Å²) in [5.41, 5.74) is 0. The zero-order valence-electron chi connectivity index (χ0n) is 15.3. The maximum absolute atomic E-state index is 2.67. The van der Waals surface area contributed by atoms with E-state index in [9.17, 15) is 0 Å². The fourth-order valence-electron chi connectivity index (χ4n) is 10.1. The second-order valence-electron chi connectivity index (χ2n) is 11.0. The van der Waals surface area contributed by atoms with Gasteiger partial charge in [0.05, 0.1) is 0 Å². The lowest BCUT2D eigenvalue weighted by molar-refractivity contribution is 0.00707. The first-order valence-corrected chi connectivity index (χ1v) is 11.2. The van der Waals surface area contributed by atoms with Crippen LogP contribution in [0.5, 0.6) is 0 Å². The molecule has 6 bridgehead atoms. The van der Waals surface area contributed by atoms with E-state index in [0.717, 1.165) is 59.2 Å². The van der Waals surface area contributed by atoms with E-state index in [1.54, 1.807) is 57.8 Å². The lowest BCUT2D eigenvalue weighted by Gasteiger charge is -2.47. The minimum Gasteiger partial charge on any atom is -0.0620 e. The lowest BCUT2D eigenvalue weighted by atomic mass is 9.58. The Morgan fingerprint density at radius 2 is 0.696 bits per heavy atom. The van der Waals surface area contributed by atoms with E-state index in [2.05, 4.69) is 13.8 Å². The predicted molar refractivity (Wildman–Crippen MR) is 94.8 cm³/mol. The zero-order chi connectivity index (χ0) is 15.3. The Kier molecular flexibility index (Phi) is 2.96. The van der Waals surface area contributed by atoms with E-state index in [-0.39, 0.29) is 0 Å². The molecule has 0 heteroatoms. The normalized spacial score (nSPS) is 66.0. The van der Waals surface area contributed by atoms with Gasteiger partial charge in [-0.05, 0) is 129 Å². The molecule has 6 saturated carbocycles. The van der Waals surface area contributed by atoms with Crippen LogP contribution >= 0.6 is 0 Å². The Bertz CT molecular complexity index is 446. The molecule has 6 rings (SSSR count). The van der Waals surface area contributed by atoms with Crippen molar-refractivity contribution in [2.75, 3.05) is 0 Å². The molecule has 6 aliphatic rings. The SMILES string of the molecule is C[C@@H]1[C@H]2CC[C@H](C2)[C@H]1[C@@H]1[C@@H]2CC[C@@H](C2)[C@H]1[C@H]1[C@H]2CC[C@H](C2)[C@@H]1C. The molecule has 6 fully saturated rings. The molecule has 0 nitrogen and oxygen atoms in total. The molecule has 6 aliphatic carbocycles. The van der Waals surface area contributed by atoms with Crippen molar-refractivity contribution >= 4 is 0 Å². The van der Waals surface area contributed by atoms with Gasteiger partial charge in [0.1, 0.15) is 0 Å². The van der Waals surface area contributed by atoms with Crippen LogP contribution in [0.4, 0.5) is 0 Å². The van der Waals surface area contributed by atoms with Crippen molar-refractivity contribution in [2.24, 2.45) is 71.0 Å². The van der Waals surface area contributed by atoms with Gasteiger partial charge in [0.15, 0.2) is 0 Å². The lowest BCUT2D eigenvalue weighted by Crippen LogP contribution is -2.42. The van der Waals surface area contributed by atoms with Crippen molar-refractivity contribution in [2.45, 2.75) is 71.6 Å². The topological polar surface area (TPSA) is 0 Å². The van der Waals surface area contributed by atoms with Crippen LogP contribution in [0.2, 0.25) is 0 Å². The van der Waals surface area contributed by atoms with Crippen LogP contribution < -0.4 is 0 Å². The highest BCUT2D eigenvalue weighted by atomic mass is 14.7. The van der Waals surface area contributed by atoms with Gasteiger partial charge in [-0.3, -0.25) is 0 Å². The molecule has 23 heavy (non-hydrogen) atoms.